The summed E-state index contributed by atoms with van der Waals surface area (Å²) in [6.07, 6.45) is 0. The third-order valence-electron chi connectivity index (χ3n) is 1.75. The molecule has 0 saturated carbocycles. The van der Waals surface area contributed by atoms with E-state index in [1.807, 2.05) is 0 Å². The first kappa shape index (κ1) is 12.0. The first-order valence-electron chi connectivity index (χ1n) is 4.63. The Bertz CT molecular complexity index is 199. The minimum atomic E-state index is -0.0304. The van der Waals surface area contributed by atoms with Gasteiger partial charge in [-0.1, -0.05) is 25.7 Å². The van der Waals surface area contributed by atoms with Crippen LogP contribution in [0.3, 0.4) is 0 Å². The van der Waals surface area contributed by atoms with Crippen LogP contribution < -0.4 is 5.32 Å². The normalized spacial score (nSPS) is 9.23. The van der Waals surface area contributed by atoms with Gasteiger partial charge in [-0.2, -0.15) is 0 Å². The van der Waals surface area contributed by atoms with E-state index in [0.717, 1.165) is 19.6 Å². The molecule has 3 nitrogen and oxygen atoms in total. The second kappa shape index (κ2) is 7.63. The predicted octanol–water partition coefficient (Wildman–Crippen LogP) is 0.468. The number of hydrogen-bond donors (Lipinski definition) is 1. The molecule has 74 valence electrons. The average Bonchev–Trinajstić information content (AvgIpc) is 2.11. The van der Waals surface area contributed by atoms with Crippen LogP contribution in [-0.2, 0) is 4.79 Å². The third-order valence-corrected chi connectivity index (χ3v) is 1.75. The molecule has 0 unspecified atom stereocenters. The molecule has 0 aromatic rings. The van der Waals surface area contributed by atoms with E-state index in [-0.39, 0.29) is 5.91 Å². The first-order chi connectivity index (χ1) is 6.20. The van der Waals surface area contributed by atoms with Crippen LogP contribution in [0.2, 0.25) is 0 Å². The van der Waals surface area contributed by atoms with Crippen LogP contribution in [0.15, 0.2) is 0 Å². The summed E-state index contributed by atoms with van der Waals surface area (Å²) < 4.78 is 0. The van der Waals surface area contributed by atoms with Gasteiger partial charge in [0.25, 0.3) is 0 Å². The Morgan fingerprint density at radius 1 is 1.31 bits per heavy atom. The molecule has 0 radical (unpaired) electrons. The summed E-state index contributed by atoms with van der Waals surface area (Å²) in [5.74, 6) is 5.87. The highest BCUT2D eigenvalue weighted by atomic mass is 16.1. The Hall–Kier alpha value is -1.01. The summed E-state index contributed by atoms with van der Waals surface area (Å²) in [6, 6.07) is 0. The maximum Gasteiger partial charge on any atom is 0.217 e. The molecule has 0 aliphatic rings. The Kier molecular flexibility index (Phi) is 7.04. The van der Waals surface area contributed by atoms with Gasteiger partial charge in [-0.25, -0.2) is 0 Å². The van der Waals surface area contributed by atoms with Crippen molar-refractivity contribution in [3.8, 4) is 11.8 Å². The smallest absolute Gasteiger partial charge is 0.217 e. The summed E-state index contributed by atoms with van der Waals surface area (Å²) in [5, 5.41) is 2.62. The Morgan fingerprint density at radius 3 is 2.38 bits per heavy atom. The van der Waals surface area contributed by atoms with Gasteiger partial charge < -0.3 is 5.32 Å². The molecule has 3 heteroatoms. The number of nitrogens with zero attached hydrogens (tertiary/aromatic N) is 1. The topological polar surface area (TPSA) is 32.3 Å². The largest absolute Gasteiger partial charge is 0.345 e. The van der Waals surface area contributed by atoms with Crippen LogP contribution in [0.4, 0.5) is 0 Å². The van der Waals surface area contributed by atoms with Crippen molar-refractivity contribution in [2.75, 3.05) is 26.2 Å². The molecule has 0 bridgehead atoms. The lowest BCUT2D eigenvalue weighted by molar-refractivity contribution is -0.118. The lowest BCUT2D eigenvalue weighted by Gasteiger charge is -2.13. The van der Waals surface area contributed by atoms with Crippen LogP contribution in [0.25, 0.3) is 0 Å². The molecule has 13 heavy (non-hydrogen) atoms. The summed E-state index contributed by atoms with van der Waals surface area (Å²) in [5.41, 5.74) is 0. The molecule has 1 N–H and O–H groups in total. The second-order valence-electron chi connectivity index (χ2n) is 2.72. The van der Waals surface area contributed by atoms with Gasteiger partial charge in [0.2, 0.25) is 5.91 Å². The molecule has 1 amide bonds. The van der Waals surface area contributed by atoms with E-state index in [1.54, 1.807) is 0 Å². The summed E-state index contributed by atoms with van der Waals surface area (Å²) in [7, 11) is 0. The van der Waals surface area contributed by atoms with Gasteiger partial charge in [0, 0.05) is 6.92 Å². The zero-order valence-corrected chi connectivity index (χ0v) is 8.68. The van der Waals surface area contributed by atoms with Gasteiger partial charge in [0.1, 0.15) is 0 Å². The van der Waals surface area contributed by atoms with E-state index in [1.165, 1.54) is 6.92 Å². The van der Waals surface area contributed by atoms with E-state index in [9.17, 15) is 4.79 Å². The molecular formula is C10H18N2O. The van der Waals surface area contributed by atoms with Crippen molar-refractivity contribution in [2.45, 2.75) is 20.8 Å². The molecule has 0 aliphatic heterocycles. The van der Waals surface area contributed by atoms with E-state index in [0.29, 0.717) is 6.54 Å². The highest BCUT2D eigenvalue weighted by Crippen LogP contribution is 1.82. The minimum absolute atomic E-state index is 0.0304. The van der Waals surface area contributed by atoms with Crippen molar-refractivity contribution in [2.24, 2.45) is 0 Å². The molecule has 0 heterocycles. The van der Waals surface area contributed by atoms with E-state index in [2.05, 4.69) is 35.9 Å². The number of carbonyl (C=O) groups is 1. The third kappa shape index (κ3) is 7.35. The maximum absolute atomic E-state index is 10.5. The molecule has 0 aromatic heterocycles. The van der Waals surface area contributed by atoms with Crippen molar-refractivity contribution in [3.63, 3.8) is 0 Å². The maximum atomic E-state index is 10.5. The van der Waals surface area contributed by atoms with Crippen LogP contribution in [0, 0.1) is 11.8 Å². The second-order valence-corrected chi connectivity index (χ2v) is 2.72. The summed E-state index contributed by atoms with van der Waals surface area (Å²) in [6.45, 7) is 8.99. The fraction of sp³-hybridized carbons (Fsp3) is 0.700. The van der Waals surface area contributed by atoms with Gasteiger partial charge >= 0.3 is 0 Å². The monoisotopic (exact) mass is 182 g/mol. The minimum Gasteiger partial charge on any atom is -0.345 e. The van der Waals surface area contributed by atoms with E-state index in [4.69, 9.17) is 0 Å². The average molecular weight is 182 g/mol. The fourth-order valence-electron chi connectivity index (χ4n) is 0.846. The molecule has 0 rings (SSSR count). The first-order valence-corrected chi connectivity index (χ1v) is 4.63. The summed E-state index contributed by atoms with van der Waals surface area (Å²) >= 11 is 0. The van der Waals surface area contributed by atoms with Crippen LogP contribution in [0.5, 0.6) is 0 Å². The number of nitrogens with one attached hydrogen (secondary N) is 1. The van der Waals surface area contributed by atoms with Crippen LogP contribution in [0.1, 0.15) is 20.8 Å². The Balaban J connectivity index is 3.54. The zero-order chi connectivity index (χ0) is 10.1. The van der Waals surface area contributed by atoms with Crippen molar-refractivity contribution in [1.82, 2.24) is 10.2 Å². The van der Waals surface area contributed by atoms with Gasteiger partial charge in [-0.05, 0) is 13.1 Å². The molecule has 0 saturated heterocycles. The number of rotatable bonds is 4. The van der Waals surface area contributed by atoms with Gasteiger partial charge in [0.15, 0.2) is 0 Å². The van der Waals surface area contributed by atoms with Crippen molar-refractivity contribution >= 4 is 5.91 Å². The SMILES string of the molecule is CCN(CC)CC#CCNC(C)=O. The van der Waals surface area contributed by atoms with Crippen molar-refractivity contribution in [3.05, 3.63) is 0 Å². The highest BCUT2D eigenvalue weighted by molar-refractivity contribution is 5.73. The lowest BCUT2D eigenvalue weighted by Crippen LogP contribution is -2.23. The van der Waals surface area contributed by atoms with Crippen molar-refractivity contribution in [1.29, 1.82) is 0 Å². The van der Waals surface area contributed by atoms with Crippen LogP contribution in [-0.4, -0.2) is 37.0 Å². The Morgan fingerprint density at radius 2 is 1.92 bits per heavy atom. The number of hydrogen-bond acceptors (Lipinski definition) is 2. The lowest BCUT2D eigenvalue weighted by atomic mass is 10.4. The van der Waals surface area contributed by atoms with E-state index < -0.39 is 0 Å². The number of carbonyl (C=O) groups excluding carboxylic acids is 1. The van der Waals surface area contributed by atoms with Gasteiger partial charge in [-0.3, -0.25) is 9.69 Å². The Labute approximate surface area is 80.5 Å². The molecule has 0 aliphatic carbocycles. The fourth-order valence-corrected chi connectivity index (χ4v) is 0.846. The quantitative estimate of drug-likeness (QED) is 0.641. The van der Waals surface area contributed by atoms with Crippen LogP contribution >= 0.6 is 0 Å². The van der Waals surface area contributed by atoms with Crippen molar-refractivity contribution < 1.29 is 4.79 Å². The molecule has 0 spiro atoms. The zero-order valence-electron chi connectivity index (χ0n) is 8.68. The highest BCUT2D eigenvalue weighted by Gasteiger charge is 1.92. The molecular weight excluding hydrogens is 164 g/mol. The molecule has 0 fully saturated rings. The molecule has 0 aromatic carbocycles. The van der Waals surface area contributed by atoms with Gasteiger partial charge in [-0.15, -0.1) is 0 Å². The van der Waals surface area contributed by atoms with Gasteiger partial charge in [0.05, 0.1) is 13.1 Å². The van der Waals surface area contributed by atoms with E-state index >= 15 is 0 Å². The summed E-state index contributed by atoms with van der Waals surface area (Å²) in [4.78, 5) is 12.7. The molecule has 0 atom stereocenters. The standard InChI is InChI=1S/C10H18N2O/c1-4-12(5-2)9-7-6-8-11-10(3)13/h4-5,8-9H2,1-3H3,(H,11,13). The number of amides is 1. The predicted molar refractivity (Wildman–Crippen MR) is 54.2 cm³/mol.